The third kappa shape index (κ3) is 5.39. The Kier molecular flexibility index (Phi) is 2.32. The number of hydrazine groups is 1. The van der Waals surface area contributed by atoms with E-state index in [0.717, 1.165) is 0 Å². The van der Waals surface area contributed by atoms with Crippen LogP contribution >= 0.6 is 0 Å². The Bertz CT molecular complexity index is 67.3. The van der Waals surface area contributed by atoms with Crippen LogP contribution in [0.2, 0.25) is 0 Å². The summed E-state index contributed by atoms with van der Waals surface area (Å²) in [6.07, 6.45) is 0. The average Bonchev–Trinajstić information content (AvgIpc) is 1.27. The van der Waals surface area contributed by atoms with Crippen LogP contribution in [0, 0.1) is 5.41 Å². The van der Waals surface area contributed by atoms with E-state index in [1.54, 1.807) is 7.05 Å². The lowest BCUT2D eigenvalue weighted by Crippen LogP contribution is -2.34. The SMILES string of the molecule is CN(N)CC(=N)N. The van der Waals surface area contributed by atoms with Crippen LogP contribution in [0.1, 0.15) is 0 Å². The van der Waals surface area contributed by atoms with E-state index in [0.29, 0.717) is 6.54 Å². The zero-order chi connectivity index (χ0) is 5.86. The zero-order valence-electron chi connectivity index (χ0n) is 4.31. The highest BCUT2D eigenvalue weighted by Crippen LogP contribution is 1.62. The summed E-state index contributed by atoms with van der Waals surface area (Å²) in [6.45, 7) is 0.333. The number of rotatable bonds is 2. The van der Waals surface area contributed by atoms with E-state index >= 15 is 0 Å². The molecule has 0 unspecified atom stereocenters. The van der Waals surface area contributed by atoms with Crippen LogP contribution in [0.5, 0.6) is 0 Å². The summed E-state index contributed by atoms with van der Waals surface area (Å²) in [6, 6.07) is 0. The van der Waals surface area contributed by atoms with E-state index in [9.17, 15) is 0 Å². The molecule has 5 N–H and O–H groups in total. The summed E-state index contributed by atoms with van der Waals surface area (Å²) >= 11 is 0. The summed E-state index contributed by atoms with van der Waals surface area (Å²) in [5.74, 6) is 5.19. The van der Waals surface area contributed by atoms with Gasteiger partial charge in [0.15, 0.2) is 0 Å². The second-order valence-corrected chi connectivity index (χ2v) is 1.44. The van der Waals surface area contributed by atoms with Gasteiger partial charge in [0.1, 0.15) is 5.84 Å². The molecule has 0 bridgehead atoms. The molecule has 0 amide bonds. The van der Waals surface area contributed by atoms with Crippen LogP contribution < -0.4 is 11.6 Å². The van der Waals surface area contributed by atoms with Gasteiger partial charge < -0.3 is 5.73 Å². The van der Waals surface area contributed by atoms with Gasteiger partial charge in [0.25, 0.3) is 0 Å². The largest absolute Gasteiger partial charge is 0.387 e. The Labute approximate surface area is 42.6 Å². The van der Waals surface area contributed by atoms with E-state index in [1.165, 1.54) is 5.01 Å². The maximum atomic E-state index is 6.68. The highest BCUT2D eigenvalue weighted by molar-refractivity contribution is 5.78. The van der Waals surface area contributed by atoms with Gasteiger partial charge in [-0.15, -0.1) is 0 Å². The normalized spacial score (nSPS) is 9.57. The smallest absolute Gasteiger partial charge is 0.106 e. The highest BCUT2D eigenvalue weighted by Gasteiger charge is 1.88. The Morgan fingerprint density at radius 1 is 1.86 bits per heavy atom. The predicted octanol–water partition coefficient (Wildman–Crippen LogP) is -1.27. The number of nitrogens with two attached hydrogens (primary N) is 2. The van der Waals surface area contributed by atoms with Gasteiger partial charge in [-0.1, -0.05) is 0 Å². The fourth-order valence-corrected chi connectivity index (χ4v) is 0.269. The van der Waals surface area contributed by atoms with Crippen LogP contribution in [0.15, 0.2) is 0 Å². The van der Waals surface area contributed by atoms with E-state index in [4.69, 9.17) is 17.0 Å². The van der Waals surface area contributed by atoms with E-state index < -0.39 is 0 Å². The summed E-state index contributed by atoms with van der Waals surface area (Å²) < 4.78 is 0. The topological polar surface area (TPSA) is 79.1 Å². The molecule has 0 heterocycles. The molecule has 7 heavy (non-hydrogen) atoms. The number of nitrogens with one attached hydrogen (secondary N) is 1. The fourth-order valence-electron chi connectivity index (χ4n) is 0.269. The molecular formula is C3H10N4. The first kappa shape index (κ1) is 6.39. The Hall–Kier alpha value is -0.610. The number of hydrogen-bond acceptors (Lipinski definition) is 3. The van der Waals surface area contributed by atoms with Gasteiger partial charge in [0.05, 0.1) is 6.54 Å². The molecule has 0 rings (SSSR count). The van der Waals surface area contributed by atoms with Gasteiger partial charge in [-0.3, -0.25) is 11.3 Å². The minimum atomic E-state index is 0.0880. The summed E-state index contributed by atoms with van der Waals surface area (Å²) in [5.41, 5.74) is 4.96. The Morgan fingerprint density at radius 3 is 2.29 bits per heavy atom. The lowest BCUT2D eigenvalue weighted by atomic mass is 10.6. The van der Waals surface area contributed by atoms with Crippen molar-refractivity contribution in [2.45, 2.75) is 0 Å². The van der Waals surface area contributed by atoms with Crippen LogP contribution in [-0.4, -0.2) is 24.4 Å². The fraction of sp³-hybridized carbons (Fsp3) is 0.667. The molecular weight excluding hydrogens is 92.1 g/mol. The van der Waals surface area contributed by atoms with Crippen LogP contribution in [0.4, 0.5) is 0 Å². The van der Waals surface area contributed by atoms with Crippen molar-refractivity contribution in [3.05, 3.63) is 0 Å². The molecule has 0 saturated carbocycles. The lowest BCUT2D eigenvalue weighted by molar-refractivity contribution is 0.399. The molecule has 0 saturated heterocycles. The molecule has 0 aliphatic heterocycles. The molecule has 0 atom stereocenters. The predicted molar refractivity (Wildman–Crippen MR) is 28.7 cm³/mol. The molecule has 42 valence electrons. The van der Waals surface area contributed by atoms with Crippen LogP contribution in [0.3, 0.4) is 0 Å². The first-order chi connectivity index (χ1) is 3.13. The van der Waals surface area contributed by atoms with Crippen molar-refractivity contribution in [1.82, 2.24) is 5.01 Å². The maximum Gasteiger partial charge on any atom is 0.106 e. The lowest BCUT2D eigenvalue weighted by Gasteiger charge is -2.05. The molecule has 4 nitrogen and oxygen atoms in total. The average molecular weight is 102 g/mol. The third-order valence-corrected chi connectivity index (χ3v) is 0.420. The molecule has 0 spiro atoms. The Morgan fingerprint density at radius 2 is 2.29 bits per heavy atom. The number of likely N-dealkylation sites (N-methyl/N-ethyl adjacent to an activating group) is 1. The first-order valence-electron chi connectivity index (χ1n) is 1.91. The molecule has 0 aliphatic rings. The van der Waals surface area contributed by atoms with Gasteiger partial charge in [0, 0.05) is 7.05 Å². The molecule has 4 heteroatoms. The zero-order valence-corrected chi connectivity index (χ0v) is 4.31. The van der Waals surface area contributed by atoms with Crippen molar-refractivity contribution in [3.8, 4) is 0 Å². The van der Waals surface area contributed by atoms with Gasteiger partial charge in [0.2, 0.25) is 0 Å². The van der Waals surface area contributed by atoms with Crippen molar-refractivity contribution in [1.29, 1.82) is 5.41 Å². The summed E-state index contributed by atoms with van der Waals surface area (Å²) in [5, 5.41) is 8.03. The minimum absolute atomic E-state index is 0.0880. The van der Waals surface area contributed by atoms with Crippen molar-refractivity contribution < 1.29 is 0 Å². The molecule has 0 radical (unpaired) electrons. The second-order valence-electron chi connectivity index (χ2n) is 1.44. The highest BCUT2D eigenvalue weighted by atomic mass is 15.4. The quantitative estimate of drug-likeness (QED) is 0.176. The van der Waals surface area contributed by atoms with Crippen molar-refractivity contribution in [2.75, 3.05) is 13.6 Å². The van der Waals surface area contributed by atoms with Gasteiger partial charge >= 0.3 is 0 Å². The molecule has 0 aliphatic carbocycles. The van der Waals surface area contributed by atoms with Crippen LogP contribution in [0.25, 0.3) is 0 Å². The molecule has 0 fully saturated rings. The number of amidine groups is 1. The Balaban J connectivity index is 3.13. The van der Waals surface area contributed by atoms with E-state index in [1.807, 2.05) is 0 Å². The molecule has 0 aromatic heterocycles. The standard InChI is InChI=1S/C3H10N4/c1-7(6)2-3(4)5/h2,6H2,1H3,(H3,4,5). The van der Waals surface area contributed by atoms with Gasteiger partial charge in [-0.25, -0.2) is 5.01 Å². The van der Waals surface area contributed by atoms with Gasteiger partial charge in [-0.05, 0) is 0 Å². The van der Waals surface area contributed by atoms with E-state index in [-0.39, 0.29) is 5.84 Å². The van der Waals surface area contributed by atoms with Crippen LogP contribution in [-0.2, 0) is 0 Å². The minimum Gasteiger partial charge on any atom is -0.387 e. The van der Waals surface area contributed by atoms with Crippen molar-refractivity contribution >= 4 is 5.84 Å². The van der Waals surface area contributed by atoms with Crippen molar-refractivity contribution in [2.24, 2.45) is 11.6 Å². The number of nitrogens with zero attached hydrogens (tertiary/aromatic N) is 1. The van der Waals surface area contributed by atoms with Gasteiger partial charge in [-0.2, -0.15) is 0 Å². The molecule has 0 aromatic rings. The third-order valence-electron chi connectivity index (χ3n) is 0.420. The summed E-state index contributed by atoms with van der Waals surface area (Å²) in [4.78, 5) is 0. The number of hydrogen-bond donors (Lipinski definition) is 3. The first-order valence-corrected chi connectivity index (χ1v) is 1.91. The summed E-state index contributed by atoms with van der Waals surface area (Å²) in [7, 11) is 1.65. The molecule has 0 aromatic carbocycles. The van der Waals surface area contributed by atoms with Crippen molar-refractivity contribution in [3.63, 3.8) is 0 Å². The maximum absolute atomic E-state index is 6.68. The second kappa shape index (κ2) is 2.54. The monoisotopic (exact) mass is 102 g/mol. The van der Waals surface area contributed by atoms with E-state index in [2.05, 4.69) is 0 Å².